The Balaban J connectivity index is 1.68. The maximum absolute atomic E-state index is 12.6. The van der Waals surface area contributed by atoms with Gasteiger partial charge in [-0.2, -0.15) is 0 Å². The smallest absolute Gasteiger partial charge is 0.228 e. The molecule has 0 saturated carbocycles. The van der Waals surface area contributed by atoms with Crippen LogP contribution in [0.25, 0.3) is 0 Å². The van der Waals surface area contributed by atoms with E-state index in [0.29, 0.717) is 18.0 Å². The number of anilines is 1. The van der Waals surface area contributed by atoms with Gasteiger partial charge in [0.2, 0.25) is 11.8 Å². The molecular formula is C16H20ClN3O2. The summed E-state index contributed by atoms with van der Waals surface area (Å²) in [7, 11) is 0. The zero-order valence-corrected chi connectivity index (χ0v) is 13.2. The molecule has 1 aromatic carbocycles. The van der Waals surface area contributed by atoms with Gasteiger partial charge in [-0.3, -0.25) is 9.59 Å². The summed E-state index contributed by atoms with van der Waals surface area (Å²) >= 11 is 5.88. The number of nitrogens with one attached hydrogen (secondary N) is 1. The van der Waals surface area contributed by atoms with Crippen LogP contribution < -0.4 is 10.2 Å². The van der Waals surface area contributed by atoms with Gasteiger partial charge in [-0.05, 0) is 37.2 Å². The fourth-order valence-electron chi connectivity index (χ4n) is 3.07. The Labute approximate surface area is 135 Å². The molecule has 0 spiro atoms. The van der Waals surface area contributed by atoms with Crippen molar-refractivity contribution in [1.29, 1.82) is 0 Å². The summed E-state index contributed by atoms with van der Waals surface area (Å²) < 4.78 is 0. The Kier molecular flexibility index (Phi) is 4.64. The molecule has 0 aromatic heterocycles. The van der Waals surface area contributed by atoms with Gasteiger partial charge in [0.1, 0.15) is 0 Å². The standard InChI is InChI=1S/C16H20ClN3O2/c17-13-2-4-14(5-3-13)20-11-12(10-15(20)21)16(22)19-8-1-6-18-7-9-19/h2-5,12,18H,1,6-11H2. The zero-order chi connectivity index (χ0) is 15.5. The van der Waals surface area contributed by atoms with Gasteiger partial charge in [0.15, 0.2) is 0 Å². The number of benzene rings is 1. The van der Waals surface area contributed by atoms with Crippen LogP contribution in [0.15, 0.2) is 24.3 Å². The third kappa shape index (κ3) is 3.25. The Morgan fingerprint density at radius 1 is 1.18 bits per heavy atom. The van der Waals surface area contributed by atoms with Crippen molar-refractivity contribution in [3.8, 4) is 0 Å². The average Bonchev–Trinajstić information content (AvgIpc) is 2.74. The molecule has 6 heteroatoms. The minimum atomic E-state index is -0.235. The molecule has 2 aliphatic heterocycles. The Morgan fingerprint density at radius 3 is 2.73 bits per heavy atom. The quantitative estimate of drug-likeness (QED) is 0.898. The van der Waals surface area contributed by atoms with Crippen LogP contribution in [0.5, 0.6) is 0 Å². The molecule has 2 aliphatic rings. The van der Waals surface area contributed by atoms with Gasteiger partial charge in [-0.25, -0.2) is 0 Å². The van der Waals surface area contributed by atoms with E-state index in [9.17, 15) is 9.59 Å². The summed E-state index contributed by atoms with van der Waals surface area (Å²) in [5, 5.41) is 3.93. The number of nitrogens with zero attached hydrogens (tertiary/aromatic N) is 2. The van der Waals surface area contributed by atoms with Crippen LogP contribution in [-0.2, 0) is 9.59 Å². The van der Waals surface area contributed by atoms with Crippen LogP contribution in [0.2, 0.25) is 5.02 Å². The fourth-order valence-corrected chi connectivity index (χ4v) is 3.19. The summed E-state index contributed by atoms with van der Waals surface area (Å²) in [6.07, 6.45) is 1.26. The van der Waals surface area contributed by atoms with Crippen molar-refractivity contribution >= 4 is 29.1 Å². The lowest BCUT2D eigenvalue weighted by Gasteiger charge is -2.23. The number of carbonyl (C=O) groups excluding carboxylic acids is 2. The van der Waals surface area contributed by atoms with Crippen molar-refractivity contribution in [1.82, 2.24) is 10.2 Å². The molecule has 0 radical (unpaired) electrons. The minimum Gasteiger partial charge on any atom is -0.341 e. The Hall–Kier alpha value is -1.59. The van der Waals surface area contributed by atoms with E-state index < -0.39 is 0 Å². The highest BCUT2D eigenvalue weighted by Crippen LogP contribution is 2.27. The van der Waals surface area contributed by atoms with E-state index in [1.54, 1.807) is 17.0 Å². The zero-order valence-electron chi connectivity index (χ0n) is 12.4. The van der Waals surface area contributed by atoms with E-state index in [1.807, 2.05) is 17.0 Å². The first-order chi connectivity index (χ1) is 10.6. The van der Waals surface area contributed by atoms with Crippen LogP contribution in [0, 0.1) is 5.92 Å². The Morgan fingerprint density at radius 2 is 1.95 bits per heavy atom. The number of rotatable bonds is 2. The maximum atomic E-state index is 12.6. The highest BCUT2D eigenvalue weighted by Gasteiger charge is 2.37. The van der Waals surface area contributed by atoms with Crippen LogP contribution in [0.3, 0.4) is 0 Å². The summed E-state index contributed by atoms with van der Waals surface area (Å²) in [5.74, 6) is -0.122. The molecule has 2 heterocycles. The molecule has 1 N–H and O–H groups in total. The van der Waals surface area contributed by atoms with E-state index in [4.69, 9.17) is 11.6 Å². The molecule has 2 saturated heterocycles. The van der Waals surface area contributed by atoms with Crippen LogP contribution in [-0.4, -0.2) is 49.4 Å². The van der Waals surface area contributed by atoms with Crippen molar-refractivity contribution in [2.24, 2.45) is 5.92 Å². The molecule has 1 atom stereocenters. The molecule has 3 rings (SSSR count). The van der Waals surface area contributed by atoms with Crippen LogP contribution in [0.4, 0.5) is 5.69 Å². The van der Waals surface area contributed by atoms with Crippen LogP contribution in [0.1, 0.15) is 12.8 Å². The lowest BCUT2D eigenvalue weighted by Crippen LogP contribution is -2.39. The summed E-state index contributed by atoms with van der Waals surface area (Å²) in [6.45, 7) is 3.74. The normalized spacial score (nSPS) is 22.8. The molecule has 2 fully saturated rings. The predicted octanol–water partition coefficient (Wildman–Crippen LogP) is 1.51. The van der Waals surface area contributed by atoms with Gasteiger partial charge in [0.25, 0.3) is 0 Å². The first-order valence-corrected chi connectivity index (χ1v) is 8.08. The molecule has 0 aliphatic carbocycles. The Bertz CT molecular complexity index is 553. The molecule has 1 aromatic rings. The topological polar surface area (TPSA) is 52.7 Å². The third-order valence-corrected chi connectivity index (χ3v) is 4.52. The van der Waals surface area contributed by atoms with E-state index in [2.05, 4.69) is 5.32 Å². The SMILES string of the molecule is O=C(C1CC(=O)N(c2ccc(Cl)cc2)C1)N1CCCNCC1. The van der Waals surface area contributed by atoms with Gasteiger partial charge in [0, 0.05) is 43.3 Å². The maximum Gasteiger partial charge on any atom is 0.228 e. The number of hydrogen-bond acceptors (Lipinski definition) is 3. The van der Waals surface area contributed by atoms with Crippen molar-refractivity contribution in [2.45, 2.75) is 12.8 Å². The molecule has 22 heavy (non-hydrogen) atoms. The van der Waals surface area contributed by atoms with Crippen molar-refractivity contribution < 1.29 is 9.59 Å². The van der Waals surface area contributed by atoms with E-state index in [0.717, 1.165) is 38.3 Å². The third-order valence-electron chi connectivity index (χ3n) is 4.26. The van der Waals surface area contributed by atoms with E-state index in [-0.39, 0.29) is 17.7 Å². The van der Waals surface area contributed by atoms with Crippen molar-refractivity contribution in [3.63, 3.8) is 0 Å². The summed E-state index contributed by atoms with van der Waals surface area (Å²) in [5.41, 5.74) is 0.808. The number of halogens is 1. The molecule has 5 nitrogen and oxygen atoms in total. The fraction of sp³-hybridized carbons (Fsp3) is 0.500. The van der Waals surface area contributed by atoms with Gasteiger partial charge in [-0.15, -0.1) is 0 Å². The van der Waals surface area contributed by atoms with E-state index in [1.165, 1.54) is 0 Å². The van der Waals surface area contributed by atoms with Gasteiger partial charge in [0.05, 0.1) is 5.92 Å². The second-order valence-corrected chi connectivity index (χ2v) is 6.25. The predicted molar refractivity (Wildman–Crippen MR) is 86.0 cm³/mol. The monoisotopic (exact) mass is 321 g/mol. The van der Waals surface area contributed by atoms with Gasteiger partial charge in [-0.1, -0.05) is 11.6 Å². The highest BCUT2D eigenvalue weighted by atomic mass is 35.5. The lowest BCUT2D eigenvalue weighted by atomic mass is 10.1. The van der Waals surface area contributed by atoms with Crippen molar-refractivity contribution in [2.75, 3.05) is 37.6 Å². The van der Waals surface area contributed by atoms with E-state index >= 15 is 0 Å². The molecule has 2 amide bonds. The number of amides is 2. The molecule has 1 unspecified atom stereocenters. The first kappa shape index (κ1) is 15.3. The second-order valence-electron chi connectivity index (χ2n) is 5.81. The first-order valence-electron chi connectivity index (χ1n) is 7.70. The van der Waals surface area contributed by atoms with Crippen LogP contribution >= 0.6 is 11.6 Å². The molecule has 0 bridgehead atoms. The highest BCUT2D eigenvalue weighted by molar-refractivity contribution is 6.30. The lowest BCUT2D eigenvalue weighted by molar-refractivity contribution is -0.135. The summed E-state index contributed by atoms with van der Waals surface area (Å²) in [4.78, 5) is 28.4. The molecular weight excluding hydrogens is 302 g/mol. The number of hydrogen-bond donors (Lipinski definition) is 1. The van der Waals surface area contributed by atoms with Crippen molar-refractivity contribution in [3.05, 3.63) is 29.3 Å². The minimum absolute atomic E-state index is 0.00798. The largest absolute Gasteiger partial charge is 0.341 e. The molecule has 118 valence electrons. The van der Waals surface area contributed by atoms with Gasteiger partial charge >= 0.3 is 0 Å². The van der Waals surface area contributed by atoms with Gasteiger partial charge < -0.3 is 15.1 Å². The number of carbonyl (C=O) groups is 2. The second kappa shape index (κ2) is 6.67. The summed E-state index contributed by atoms with van der Waals surface area (Å²) in [6, 6.07) is 7.17. The average molecular weight is 322 g/mol.